The number of rotatable bonds is 3. The average Bonchev–Trinajstić information content (AvgIpc) is 2.18. The van der Waals surface area contributed by atoms with Gasteiger partial charge in [0.1, 0.15) is 0 Å². The molecule has 13 heavy (non-hydrogen) atoms. The van der Waals surface area contributed by atoms with E-state index in [1.165, 1.54) is 25.7 Å². The van der Waals surface area contributed by atoms with Crippen molar-refractivity contribution in [2.24, 2.45) is 11.3 Å². The van der Waals surface area contributed by atoms with E-state index in [1.54, 1.807) is 0 Å². The molecule has 0 spiro atoms. The summed E-state index contributed by atoms with van der Waals surface area (Å²) in [5, 5.41) is 9.20. The second-order valence-corrected chi connectivity index (χ2v) is 4.68. The van der Waals surface area contributed by atoms with Gasteiger partial charge in [0.25, 0.3) is 0 Å². The second kappa shape index (κ2) is 4.65. The molecule has 0 atom stereocenters. The number of hydrogen-bond acceptors (Lipinski definition) is 1. The van der Waals surface area contributed by atoms with Crippen molar-refractivity contribution in [1.29, 1.82) is 5.26 Å². The lowest BCUT2D eigenvalue weighted by Gasteiger charge is -2.33. The Morgan fingerprint density at radius 3 is 2.46 bits per heavy atom. The molecule has 0 aromatic carbocycles. The summed E-state index contributed by atoms with van der Waals surface area (Å²) >= 11 is 0. The number of unbranched alkanes of at least 4 members (excludes halogenated alkanes) is 1. The van der Waals surface area contributed by atoms with Gasteiger partial charge < -0.3 is 0 Å². The molecular weight excluding hydrogens is 158 g/mol. The van der Waals surface area contributed by atoms with Crippen LogP contribution < -0.4 is 0 Å². The second-order valence-electron chi connectivity index (χ2n) is 4.68. The molecule has 0 bridgehead atoms. The van der Waals surface area contributed by atoms with E-state index in [-0.39, 0.29) is 5.41 Å². The summed E-state index contributed by atoms with van der Waals surface area (Å²) in [5.74, 6) is 0.850. The highest BCUT2D eigenvalue weighted by Gasteiger charge is 2.33. The number of nitrogens with zero attached hydrogens (tertiary/aromatic N) is 1. The van der Waals surface area contributed by atoms with Crippen molar-refractivity contribution < 1.29 is 0 Å². The Balaban J connectivity index is 2.46. The highest BCUT2D eigenvalue weighted by molar-refractivity contribution is 5.00. The van der Waals surface area contributed by atoms with Crippen LogP contribution in [0, 0.1) is 22.7 Å². The predicted molar refractivity (Wildman–Crippen MR) is 55.2 cm³/mol. The molecule has 0 radical (unpaired) electrons. The van der Waals surface area contributed by atoms with Crippen LogP contribution in [0.15, 0.2) is 0 Å². The first-order valence-corrected chi connectivity index (χ1v) is 5.64. The van der Waals surface area contributed by atoms with Crippen molar-refractivity contribution in [1.82, 2.24) is 0 Å². The van der Waals surface area contributed by atoms with Crippen LogP contribution in [0.2, 0.25) is 0 Å². The summed E-state index contributed by atoms with van der Waals surface area (Å²) in [6.07, 6.45) is 8.39. The zero-order valence-electron chi connectivity index (χ0n) is 8.97. The quantitative estimate of drug-likeness (QED) is 0.644. The van der Waals surface area contributed by atoms with Gasteiger partial charge in [0.15, 0.2) is 0 Å². The largest absolute Gasteiger partial charge is 0.198 e. The van der Waals surface area contributed by atoms with E-state index in [9.17, 15) is 5.26 Å². The van der Waals surface area contributed by atoms with E-state index in [1.807, 2.05) is 0 Å². The Morgan fingerprint density at radius 2 is 2.00 bits per heavy atom. The summed E-state index contributed by atoms with van der Waals surface area (Å²) in [7, 11) is 0. The summed E-state index contributed by atoms with van der Waals surface area (Å²) in [6.45, 7) is 4.51. The van der Waals surface area contributed by atoms with E-state index < -0.39 is 0 Å². The molecule has 74 valence electrons. The lowest BCUT2D eigenvalue weighted by molar-refractivity contribution is 0.202. The fraction of sp³-hybridized carbons (Fsp3) is 0.917. The van der Waals surface area contributed by atoms with Crippen LogP contribution in [0.5, 0.6) is 0 Å². The van der Waals surface area contributed by atoms with Crippen LogP contribution >= 0.6 is 0 Å². The molecule has 0 N–H and O–H groups in total. The van der Waals surface area contributed by atoms with Gasteiger partial charge in [-0.25, -0.2) is 0 Å². The highest BCUT2D eigenvalue weighted by atomic mass is 14.4. The number of hydrogen-bond donors (Lipinski definition) is 0. The van der Waals surface area contributed by atoms with Gasteiger partial charge in [-0.3, -0.25) is 0 Å². The van der Waals surface area contributed by atoms with Crippen LogP contribution in [0.25, 0.3) is 0 Å². The predicted octanol–water partition coefficient (Wildman–Crippen LogP) is 3.90. The van der Waals surface area contributed by atoms with Gasteiger partial charge in [0.2, 0.25) is 0 Å². The third-order valence-corrected chi connectivity index (χ3v) is 3.48. The lowest BCUT2D eigenvalue weighted by atomic mass is 9.69. The van der Waals surface area contributed by atoms with Gasteiger partial charge in [0, 0.05) is 0 Å². The minimum Gasteiger partial charge on any atom is -0.198 e. The van der Waals surface area contributed by atoms with Gasteiger partial charge in [0.05, 0.1) is 11.5 Å². The molecule has 1 rings (SSSR count). The topological polar surface area (TPSA) is 23.8 Å². The van der Waals surface area contributed by atoms with E-state index in [0.29, 0.717) is 0 Å². The monoisotopic (exact) mass is 179 g/mol. The summed E-state index contributed by atoms with van der Waals surface area (Å²) in [6, 6.07) is 2.57. The van der Waals surface area contributed by atoms with Crippen molar-refractivity contribution >= 4 is 0 Å². The zero-order valence-corrected chi connectivity index (χ0v) is 8.97. The Kier molecular flexibility index (Phi) is 3.78. The molecule has 1 fully saturated rings. The van der Waals surface area contributed by atoms with Gasteiger partial charge in [-0.2, -0.15) is 5.26 Å². The third kappa shape index (κ3) is 2.72. The van der Waals surface area contributed by atoms with E-state index in [4.69, 9.17) is 0 Å². The SMILES string of the molecule is CCCCC1(C#N)CCC(C)CC1. The fourth-order valence-electron chi connectivity index (χ4n) is 2.25. The van der Waals surface area contributed by atoms with Crippen LogP contribution in [0.3, 0.4) is 0 Å². The Hall–Kier alpha value is -0.510. The smallest absolute Gasteiger partial charge is 0.0689 e. The molecule has 1 nitrogen and oxygen atoms in total. The van der Waals surface area contributed by atoms with Crippen LogP contribution in [-0.4, -0.2) is 0 Å². The molecule has 1 aliphatic rings. The van der Waals surface area contributed by atoms with Gasteiger partial charge in [-0.15, -0.1) is 0 Å². The van der Waals surface area contributed by atoms with Crippen molar-refractivity contribution in [2.75, 3.05) is 0 Å². The van der Waals surface area contributed by atoms with Gasteiger partial charge >= 0.3 is 0 Å². The summed E-state index contributed by atoms with van der Waals surface area (Å²) in [5.41, 5.74) is 0.0581. The molecular formula is C12H21N. The highest BCUT2D eigenvalue weighted by Crippen LogP contribution is 2.41. The van der Waals surface area contributed by atoms with Crippen LogP contribution in [0.4, 0.5) is 0 Å². The molecule has 0 amide bonds. The van der Waals surface area contributed by atoms with Crippen molar-refractivity contribution in [2.45, 2.75) is 58.8 Å². The molecule has 0 unspecified atom stereocenters. The van der Waals surface area contributed by atoms with Crippen molar-refractivity contribution in [3.8, 4) is 6.07 Å². The maximum Gasteiger partial charge on any atom is 0.0689 e. The lowest BCUT2D eigenvalue weighted by Crippen LogP contribution is -2.25. The van der Waals surface area contributed by atoms with Crippen molar-refractivity contribution in [3.05, 3.63) is 0 Å². The molecule has 1 saturated carbocycles. The first-order valence-electron chi connectivity index (χ1n) is 5.64. The first-order chi connectivity index (χ1) is 6.22. The molecule has 1 aliphatic carbocycles. The Morgan fingerprint density at radius 1 is 1.38 bits per heavy atom. The standard InChI is InChI=1S/C12H21N/c1-3-4-7-12(10-13)8-5-11(2)6-9-12/h11H,3-9H2,1-2H3. The maximum atomic E-state index is 9.20. The Bertz CT molecular complexity index is 176. The molecule has 0 aliphatic heterocycles. The first kappa shape index (κ1) is 10.6. The minimum atomic E-state index is 0.0581. The van der Waals surface area contributed by atoms with Gasteiger partial charge in [-0.05, 0) is 38.0 Å². The van der Waals surface area contributed by atoms with E-state index in [2.05, 4.69) is 19.9 Å². The minimum absolute atomic E-state index is 0.0581. The molecule has 0 aromatic heterocycles. The maximum absolute atomic E-state index is 9.20. The average molecular weight is 179 g/mol. The number of nitriles is 1. The third-order valence-electron chi connectivity index (χ3n) is 3.48. The van der Waals surface area contributed by atoms with E-state index >= 15 is 0 Å². The molecule has 0 saturated heterocycles. The molecule has 0 heterocycles. The Labute approximate surface area is 82.1 Å². The van der Waals surface area contributed by atoms with Crippen LogP contribution in [-0.2, 0) is 0 Å². The summed E-state index contributed by atoms with van der Waals surface area (Å²) in [4.78, 5) is 0. The fourth-order valence-corrected chi connectivity index (χ4v) is 2.25. The van der Waals surface area contributed by atoms with Crippen LogP contribution in [0.1, 0.15) is 58.8 Å². The molecule has 1 heteroatoms. The normalized spacial score (nSPS) is 34.1. The zero-order chi connectivity index (χ0) is 9.73. The van der Waals surface area contributed by atoms with Crippen molar-refractivity contribution in [3.63, 3.8) is 0 Å². The molecule has 0 aromatic rings. The van der Waals surface area contributed by atoms with Gasteiger partial charge in [-0.1, -0.05) is 26.7 Å². The summed E-state index contributed by atoms with van der Waals surface area (Å²) < 4.78 is 0. The van der Waals surface area contributed by atoms with E-state index in [0.717, 1.165) is 25.2 Å².